The minimum absolute atomic E-state index is 0.947. The Hall–Kier alpha value is -2.36. The highest BCUT2D eigenvalue weighted by Gasteiger charge is 2.09. The molecule has 3 aromatic rings. The van der Waals surface area contributed by atoms with Crippen molar-refractivity contribution in [1.29, 1.82) is 0 Å². The van der Waals surface area contributed by atoms with Gasteiger partial charge in [-0.05, 0) is 25.1 Å². The van der Waals surface area contributed by atoms with Crippen LogP contribution in [0.4, 0.5) is 0 Å². The molecule has 0 spiro atoms. The molecule has 0 radical (unpaired) electrons. The predicted molar refractivity (Wildman–Crippen MR) is 76.3 cm³/mol. The van der Waals surface area contributed by atoms with Crippen LogP contribution in [0.3, 0.4) is 0 Å². The molecule has 4 nitrogen and oxygen atoms in total. The van der Waals surface area contributed by atoms with Crippen molar-refractivity contribution in [2.24, 2.45) is 12.0 Å². The Morgan fingerprint density at radius 2 is 1.84 bits per heavy atom. The number of nitrogens with zero attached hydrogens (tertiary/aromatic N) is 4. The van der Waals surface area contributed by atoms with Gasteiger partial charge in [-0.2, -0.15) is 0 Å². The lowest BCUT2D eigenvalue weighted by molar-refractivity contribution is 0.767. The number of rotatable bonds is 1. The Morgan fingerprint density at radius 1 is 1.11 bits per heavy atom. The quantitative estimate of drug-likeness (QED) is 0.654. The third-order valence-corrected chi connectivity index (χ3v) is 3.42. The molecule has 0 fully saturated rings. The van der Waals surface area contributed by atoms with Crippen LogP contribution in [0.1, 0.15) is 5.82 Å². The zero-order valence-electron chi connectivity index (χ0n) is 11.3. The Labute approximate surface area is 111 Å². The van der Waals surface area contributed by atoms with Crippen LogP contribution in [0.5, 0.6) is 0 Å². The maximum atomic E-state index is 4.69. The van der Waals surface area contributed by atoms with E-state index in [9.17, 15) is 0 Å². The van der Waals surface area contributed by atoms with E-state index < -0.39 is 0 Å². The Bertz CT molecular complexity index is 794. The highest BCUT2D eigenvalue weighted by Crippen LogP contribution is 2.16. The van der Waals surface area contributed by atoms with Crippen LogP contribution in [0.25, 0.3) is 16.7 Å². The van der Waals surface area contributed by atoms with E-state index in [0.29, 0.717) is 0 Å². The van der Waals surface area contributed by atoms with E-state index in [1.165, 1.54) is 0 Å². The number of aryl methyl sites for hydroxylation is 1. The molecule has 0 N–H and O–H groups in total. The van der Waals surface area contributed by atoms with Gasteiger partial charge in [-0.25, -0.2) is 4.98 Å². The summed E-state index contributed by atoms with van der Waals surface area (Å²) in [6.07, 6.45) is 2.04. The molecule has 0 aliphatic carbocycles. The lowest BCUT2D eigenvalue weighted by atomic mass is 10.3. The summed E-state index contributed by atoms with van der Waals surface area (Å²) in [6.45, 7) is 2.00. The van der Waals surface area contributed by atoms with E-state index in [1.54, 1.807) is 0 Å². The number of hydrogen-bond donors (Lipinski definition) is 0. The fraction of sp³-hybridized carbons (Fsp3) is 0.200. The first-order valence-electron chi connectivity index (χ1n) is 6.25. The molecule has 1 aromatic carbocycles. The Balaban J connectivity index is 2.40. The van der Waals surface area contributed by atoms with Gasteiger partial charge in [0.1, 0.15) is 17.0 Å². The summed E-state index contributed by atoms with van der Waals surface area (Å²) < 4.78 is 4.11. The van der Waals surface area contributed by atoms with Gasteiger partial charge in [0.25, 0.3) is 0 Å². The maximum absolute atomic E-state index is 4.69. The van der Waals surface area contributed by atoms with Crippen LogP contribution < -0.4 is 5.49 Å². The van der Waals surface area contributed by atoms with Crippen LogP contribution in [0, 0.1) is 6.92 Å². The van der Waals surface area contributed by atoms with Crippen molar-refractivity contribution < 1.29 is 0 Å². The Kier molecular flexibility index (Phi) is 2.71. The lowest BCUT2D eigenvalue weighted by Crippen LogP contribution is -2.22. The van der Waals surface area contributed by atoms with Crippen molar-refractivity contribution >= 4 is 11.0 Å². The van der Waals surface area contributed by atoms with Gasteiger partial charge in [-0.1, -0.05) is 18.2 Å². The third kappa shape index (κ3) is 1.76. The molecule has 0 aliphatic heterocycles. The average Bonchev–Trinajstić information content (AvgIpc) is 2.84. The van der Waals surface area contributed by atoms with Crippen molar-refractivity contribution in [1.82, 2.24) is 14.1 Å². The molecule has 0 saturated carbocycles. The summed E-state index contributed by atoms with van der Waals surface area (Å²) in [4.78, 5) is 9.06. The van der Waals surface area contributed by atoms with Gasteiger partial charge in [-0.15, -0.1) is 0 Å². The normalized spacial score (nSPS) is 12.3. The smallest absolute Gasteiger partial charge is 0.150 e. The molecule has 2 heterocycles. The summed E-state index contributed by atoms with van der Waals surface area (Å²) in [6, 6.07) is 12.3. The molecule has 19 heavy (non-hydrogen) atoms. The fourth-order valence-corrected chi connectivity index (χ4v) is 2.34. The summed E-state index contributed by atoms with van der Waals surface area (Å²) in [5.41, 5.74) is 3.01. The monoisotopic (exact) mass is 252 g/mol. The molecule has 0 bridgehead atoms. The lowest BCUT2D eigenvalue weighted by Gasteiger charge is -2.08. The number of para-hydroxylation sites is 1. The molecule has 0 atom stereocenters. The number of benzene rings is 1. The van der Waals surface area contributed by atoms with E-state index in [2.05, 4.69) is 32.7 Å². The van der Waals surface area contributed by atoms with E-state index in [1.807, 2.05) is 50.0 Å². The van der Waals surface area contributed by atoms with Crippen molar-refractivity contribution in [3.8, 4) is 5.69 Å². The van der Waals surface area contributed by atoms with Crippen LogP contribution in [0.15, 0.2) is 47.6 Å². The van der Waals surface area contributed by atoms with Crippen molar-refractivity contribution in [3.63, 3.8) is 0 Å². The second-order valence-corrected chi connectivity index (χ2v) is 4.52. The summed E-state index contributed by atoms with van der Waals surface area (Å²) in [5.74, 6) is 0.948. The van der Waals surface area contributed by atoms with Crippen LogP contribution in [-0.2, 0) is 7.05 Å². The number of hydrogen-bond acceptors (Lipinski definition) is 2. The van der Waals surface area contributed by atoms with Crippen LogP contribution >= 0.6 is 0 Å². The first-order chi connectivity index (χ1) is 9.22. The molecule has 0 unspecified atom stereocenters. The van der Waals surface area contributed by atoms with E-state index in [0.717, 1.165) is 28.0 Å². The van der Waals surface area contributed by atoms with Gasteiger partial charge < -0.3 is 9.13 Å². The van der Waals surface area contributed by atoms with Crippen LogP contribution in [-0.4, -0.2) is 21.2 Å². The SMILES string of the molecule is CN=c1c2ccn(-c3ccccc3)c2nc(C)n1C. The highest BCUT2D eigenvalue weighted by atomic mass is 15.1. The minimum atomic E-state index is 0.947. The van der Waals surface area contributed by atoms with Crippen molar-refractivity contribution in [3.05, 3.63) is 53.9 Å². The largest absolute Gasteiger partial charge is 0.318 e. The Morgan fingerprint density at radius 3 is 2.53 bits per heavy atom. The third-order valence-electron chi connectivity index (χ3n) is 3.42. The second-order valence-electron chi connectivity index (χ2n) is 4.52. The topological polar surface area (TPSA) is 35.1 Å². The molecule has 4 heteroatoms. The molecule has 96 valence electrons. The van der Waals surface area contributed by atoms with E-state index >= 15 is 0 Å². The molecular weight excluding hydrogens is 236 g/mol. The van der Waals surface area contributed by atoms with Crippen LogP contribution in [0.2, 0.25) is 0 Å². The van der Waals surface area contributed by atoms with Gasteiger partial charge in [0.2, 0.25) is 0 Å². The highest BCUT2D eigenvalue weighted by molar-refractivity contribution is 5.77. The molecule has 3 rings (SSSR count). The van der Waals surface area contributed by atoms with E-state index in [-0.39, 0.29) is 0 Å². The predicted octanol–water partition coefficient (Wildman–Crippen LogP) is 2.20. The van der Waals surface area contributed by atoms with Crippen molar-refractivity contribution in [2.75, 3.05) is 7.05 Å². The van der Waals surface area contributed by atoms with Gasteiger partial charge in [-0.3, -0.25) is 4.99 Å². The summed E-state index contributed by atoms with van der Waals surface area (Å²) >= 11 is 0. The van der Waals surface area contributed by atoms with Gasteiger partial charge in [0, 0.05) is 26.0 Å². The van der Waals surface area contributed by atoms with E-state index in [4.69, 9.17) is 0 Å². The van der Waals surface area contributed by atoms with Gasteiger partial charge in [0.05, 0.1) is 5.39 Å². The standard InChI is InChI=1S/C15H16N4/c1-11-17-15-13(14(16-2)18(11)3)9-10-19(15)12-7-5-4-6-8-12/h4-10H,1-3H3. The molecule has 2 aromatic heterocycles. The zero-order chi connectivity index (χ0) is 13.4. The fourth-order valence-electron chi connectivity index (χ4n) is 2.34. The van der Waals surface area contributed by atoms with Gasteiger partial charge >= 0.3 is 0 Å². The number of aromatic nitrogens is 3. The minimum Gasteiger partial charge on any atom is -0.318 e. The first kappa shape index (κ1) is 11.7. The van der Waals surface area contributed by atoms with Crippen molar-refractivity contribution in [2.45, 2.75) is 6.92 Å². The van der Waals surface area contributed by atoms with Gasteiger partial charge in [0.15, 0.2) is 0 Å². The second kappa shape index (κ2) is 4.39. The molecule has 0 aliphatic rings. The molecular formula is C15H16N4. The number of fused-ring (bicyclic) bond motifs is 1. The maximum Gasteiger partial charge on any atom is 0.150 e. The first-order valence-corrected chi connectivity index (χ1v) is 6.25. The summed E-state index contributed by atoms with van der Waals surface area (Å²) in [7, 11) is 3.80. The summed E-state index contributed by atoms with van der Waals surface area (Å²) in [5, 5.41) is 1.07. The molecule has 0 amide bonds. The average molecular weight is 252 g/mol. The molecule has 0 saturated heterocycles. The zero-order valence-corrected chi connectivity index (χ0v) is 11.3.